The number of hydrogen-bond acceptors (Lipinski definition) is 3. The van der Waals surface area contributed by atoms with E-state index >= 15 is 0 Å². The minimum Gasteiger partial charge on any atom is -0.478 e. The number of rotatable bonds is 8. The highest BCUT2D eigenvalue weighted by molar-refractivity contribution is 5.87. The van der Waals surface area contributed by atoms with Gasteiger partial charge in [0.05, 0.1) is 5.56 Å². The van der Waals surface area contributed by atoms with Crippen molar-refractivity contribution in [3.05, 3.63) is 35.4 Å². The predicted octanol–water partition coefficient (Wildman–Crippen LogP) is 2.39. The van der Waals surface area contributed by atoms with Crippen LogP contribution in [0.4, 0.5) is 4.79 Å². The maximum Gasteiger partial charge on any atom is 0.335 e. The zero-order chi connectivity index (χ0) is 16.7. The Hall–Kier alpha value is -2.08. The first-order valence-electron chi connectivity index (χ1n) is 7.88. The minimum atomic E-state index is -0.955. The van der Waals surface area contributed by atoms with Crippen molar-refractivity contribution in [3.8, 4) is 0 Å². The van der Waals surface area contributed by atoms with Crippen molar-refractivity contribution in [2.45, 2.75) is 32.2 Å². The first kappa shape index (κ1) is 17.3. The van der Waals surface area contributed by atoms with Crippen LogP contribution >= 0.6 is 0 Å². The third-order valence-corrected chi connectivity index (χ3v) is 4.53. The Labute approximate surface area is 136 Å². The fourth-order valence-corrected chi connectivity index (χ4v) is 2.79. The lowest BCUT2D eigenvalue weighted by Crippen LogP contribution is -2.46. The molecule has 3 N–H and O–H groups in total. The van der Waals surface area contributed by atoms with E-state index in [1.807, 2.05) is 0 Å². The van der Waals surface area contributed by atoms with Gasteiger partial charge in [-0.15, -0.1) is 0 Å². The lowest BCUT2D eigenvalue weighted by Gasteiger charge is -2.42. The SMILES string of the molecule is COCCC1(CNC(=O)NCc2ccc(C(=O)O)cc2)CCC1. The van der Waals surface area contributed by atoms with Crippen LogP contribution in [0.25, 0.3) is 0 Å². The smallest absolute Gasteiger partial charge is 0.335 e. The summed E-state index contributed by atoms with van der Waals surface area (Å²) in [6, 6.07) is 6.28. The second-order valence-electron chi connectivity index (χ2n) is 6.13. The van der Waals surface area contributed by atoms with Crippen LogP contribution < -0.4 is 10.6 Å². The summed E-state index contributed by atoms with van der Waals surface area (Å²) in [5.74, 6) is -0.955. The summed E-state index contributed by atoms with van der Waals surface area (Å²) in [5, 5.41) is 14.6. The summed E-state index contributed by atoms with van der Waals surface area (Å²) in [7, 11) is 1.70. The molecule has 1 fully saturated rings. The van der Waals surface area contributed by atoms with Gasteiger partial charge in [-0.3, -0.25) is 0 Å². The number of nitrogens with one attached hydrogen (secondary N) is 2. The van der Waals surface area contributed by atoms with Gasteiger partial charge in [0.15, 0.2) is 0 Å². The van der Waals surface area contributed by atoms with Crippen molar-refractivity contribution in [2.75, 3.05) is 20.3 Å². The molecule has 1 aromatic rings. The minimum absolute atomic E-state index is 0.191. The summed E-state index contributed by atoms with van der Waals surface area (Å²) in [6.07, 6.45) is 4.45. The fraction of sp³-hybridized carbons (Fsp3) is 0.529. The fourth-order valence-electron chi connectivity index (χ4n) is 2.79. The Balaban J connectivity index is 1.73. The molecule has 0 unspecified atom stereocenters. The molecule has 2 amide bonds. The predicted molar refractivity (Wildman–Crippen MR) is 86.4 cm³/mol. The van der Waals surface area contributed by atoms with Gasteiger partial charge in [-0.05, 0) is 42.4 Å². The Morgan fingerprint density at radius 1 is 1.22 bits per heavy atom. The van der Waals surface area contributed by atoms with E-state index in [-0.39, 0.29) is 17.0 Å². The molecule has 0 spiro atoms. The van der Waals surface area contributed by atoms with E-state index in [0.29, 0.717) is 13.1 Å². The largest absolute Gasteiger partial charge is 0.478 e. The van der Waals surface area contributed by atoms with Crippen LogP contribution in [0.3, 0.4) is 0 Å². The average Bonchev–Trinajstić information content (AvgIpc) is 2.52. The Kier molecular flexibility index (Phi) is 5.98. The lowest BCUT2D eigenvalue weighted by atomic mass is 9.67. The normalized spacial score (nSPS) is 15.5. The maximum absolute atomic E-state index is 11.9. The quantitative estimate of drug-likeness (QED) is 0.686. The molecule has 1 saturated carbocycles. The van der Waals surface area contributed by atoms with Gasteiger partial charge in [0.25, 0.3) is 0 Å². The molecule has 0 bridgehead atoms. The number of carboxylic acid groups (broad SMARTS) is 1. The van der Waals surface area contributed by atoms with Gasteiger partial charge < -0.3 is 20.5 Å². The highest BCUT2D eigenvalue weighted by Gasteiger charge is 2.36. The molecule has 1 aliphatic rings. The molecule has 23 heavy (non-hydrogen) atoms. The molecule has 0 heterocycles. The molecule has 6 nitrogen and oxygen atoms in total. The third-order valence-electron chi connectivity index (χ3n) is 4.53. The second kappa shape index (κ2) is 7.97. The number of carboxylic acids is 1. The summed E-state index contributed by atoms with van der Waals surface area (Å²) in [5.41, 5.74) is 1.29. The average molecular weight is 320 g/mol. The van der Waals surface area contributed by atoms with Crippen molar-refractivity contribution in [3.63, 3.8) is 0 Å². The van der Waals surface area contributed by atoms with Crippen LogP contribution in [0.2, 0.25) is 0 Å². The van der Waals surface area contributed by atoms with E-state index in [0.717, 1.165) is 31.4 Å². The van der Waals surface area contributed by atoms with Gasteiger partial charge in [-0.1, -0.05) is 18.6 Å². The first-order chi connectivity index (χ1) is 11.0. The number of urea groups is 1. The molecule has 0 aromatic heterocycles. The summed E-state index contributed by atoms with van der Waals surface area (Å²) < 4.78 is 5.14. The Morgan fingerprint density at radius 3 is 2.43 bits per heavy atom. The van der Waals surface area contributed by atoms with E-state index in [1.54, 1.807) is 19.2 Å². The van der Waals surface area contributed by atoms with E-state index < -0.39 is 5.97 Å². The van der Waals surface area contributed by atoms with Crippen molar-refractivity contribution in [2.24, 2.45) is 5.41 Å². The number of hydrogen-bond donors (Lipinski definition) is 3. The van der Waals surface area contributed by atoms with Gasteiger partial charge in [-0.25, -0.2) is 9.59 Å². The number of carbonyl (C=O) groups excluding carboxylic acids is 1. The van der Waals surface area contributed by atoms with Crippen LogP contribution in [0.5, 0.6) is 0 Å². The van der Waals surface area contributed by atoms with Crippen LogP contribution in [-0.2, 0) is 11.3 Å². The van der Waals surface area contributed by atoms with Crippen molar-refractivity contribution < 1.29 is 19.4 Å². The van der Waals surface area contributed by atoms with Crippen molar-refractivity contribution >= 4 is 12.0 Å². The third kappa shape index (κ3) is 4.96. The lowest BCUT2D eigenvalue weighted by molar-refractivity contribution is 0.0696. The van der Waals surface area contributed by atoms with Crippen LogP contribution in [0.1, 0.15) is 41.6 Å². The number of ether oxygens (including phenoxy) is 1. The number of carbonyl (C=O) groups is 2. The second-order valence-corrected chi connectivity index (χ2v) is 6.13. The van der Waals surface area contributed by atoms with Crippen LogP contribution in [0, 0.1) is 5.41 Å². The van der Waals surface area contributed by atoms with E-state index in [1.165, 1.54) is 18.6 Å². The number of methoxy groups -OCH3 is 1. The molecule has 6 heteroatoms. The molecule has 1 aliphatic carbocycles. The Morgan fingerprint density at radius 2 is 1.91 bits per heavy atom. The van der Waals surface area contributed by atoms with Crippen LogP contribution in [0.15, 0.2) is 24.3 Å². The van der Waals surface area contributed by atoms with Crippen molar-refractivity contribution in [1.82, 2.24) is 10.6 Å². The topological polar surface area (TPSA) is 87.7 Å². The zero-order valence-electron chi connectivity index (χ0n) is 13.4. The number of aromatic carboxylic acids is 1. The molecule has 0 saturated heterocycles. The van der Waals surface area contributed by atoms with E-state index in [9.17, 15) is 9.59 Å². The summed E-state index contributed by atoms with van der Waals surface area (Å²) >= 11 is 0. The molecule has 0 aliphatic heterocycles. The zero-order valence-corrected chi connectivity index (χ0v) is 13.4. The van der Waals surface area contributed by atoms with E-state index in [4.69, 9.17) is 9.84 Å². The van der Waals surface area contributed by atoms with Crippen molar-refractivity contribution in [1.29, 1.82) is 0 Å². The Bertz CT molecular complexity index is 538. The van der Waals surface area contributed by atoms with Gasteiger partial charge in [0.2, 0.25) is 0 Å². The standard InChI is InChI=1S/C17H24N2O4/c1-23-10-9-17(7-2-8-17)12-19-16(22)18-11-13-3-5-14(6-4-13)15(20)21/h3-6H,2,7-12H2,1H3,(H,20,21)(H2,18,19,22). The molecule has 2 rings (SSSR count). The van der Waals surface area contributed by atoms with Gasteiger partial charge in [0.1, 0.15) is 0 Å². The van der Waals surface area contributed by atoms with Gasteiger partial charge >= 0.3 is 12.0 Å². The molecule has 1 aromatic carbocycles. The van der Waals surface area contributed by atoms with Crippen LogP contribution in [-0.4, -0.2) is 37.4 Å². The molecule has 126 valence electrons. The highest BCUT2D eigenvalue weighted by Crippen LogP contribution is 2.43. The number of benzene rings is 1. The monoisotopic (exact) mass is 320 g/mol. The molecule has 0 radical (unpaired) electrons. The molecular weight excluding hydrogens is 296 g/mol. The molecular formula is C17H24N2O4. The number of amides is 2. The van der Waals surface area contributed by atoms with Gasteiger partial charge in [-0.2, -0.15) is 0 Å². The summed E-state index contributed by atoms with van der Waals surface area (Å²) in [4.78, 5) is 22.7. The maximum atomic E-state index is 11.9. The van der Waals surface area contributed by atoms with Gasteiger partial charge in [0, 0.05) is 26.8 Å². The first-order valence-corrected chi connectivity index (χ1v) is 7.88. The molecule has 0 atom stereocenters. The highest BCUT2D eigenvalue weighted by atomic mass is 16.5. The summed E-state index contributed by atoms with van der Waals surface area (Å²) in [6.45, 7) is 1.76. The van der Waals surface area contributed by atoms with E-state index in [2.05, 4.69) is 10.6 Å².